The van der Waals surface area contributed by atoms with E-state index < -0.39 is 0 Å². The van der Waals surface area contributed by atoms with Crippen LogP contribution >= 0.6 is 0 Å². The molecule has 2 heteroatoms. The lowest BCUT2D eigenvalue weighted by molar-refractivity contribution is 0.304. The molecular weight excluding hydrogens is 359 g/mol. The molecule has 0 atom stereocenters. The Morgan fingerprint density at radius 1 is 0.931 bits per heavy atom. The van der Waals surface area contributed by atoms with Crippen molar-refractivity contribution in [1.29, 1.82) is 0 Å². The van der Waals surface area contributed by atoms with E-state index in [1.807, 2.05) is 36.4 Å². The standard InChI is InChI=1S/C27H31FO/c1-3-4-5-19-6-8-20(9-7-19)22-12-16-26-23(18-22)13-17-25(27(26)28)21-10-14-24(29-2)15-11-21/h10-20H,3-9H2,1-2H3/t19-,20-. The van der Waals surface area contributed by atoms with Crippen LogP contribution in [0.1, 0.15) is 63.4 Å². The van der Waals surface area contributed by atoms with Crippen molar-refractivity contribution in [3.05, 3.63) is 66.0 Å². The number of rotatable bonds is 6. The van der Waals surface area contributed by atoms with Gasteiger partial charge in [0.05, 0.1) is 7.11 Å². The van der Waals surface area contributed by atoms with Gasteiger partial charge in [-0.1, -0.05) is 68.7 Å². The van der Waals surface area contributed by atoms with Gasteiger partial charge in [0.1, 0.15) is 11.6 Å². The van der Waals surface area contributed by atoms with Gasteiger partial charge >= 0.3 is 0 Å². The van der Waals surface area contributed by atoms with Crippen LogP contribution < -0.4 is 4.74 Å². The molecule has 0 saturated heterocycles. The van der Waals surface area contributed by atoms with E-state index in [4.69, 9.17) is 4.74 Å². The lowest BCUT2D eigenvalue weighted by atomic mass is 9.77. The zero-order valence-corrected chi connectivity index (χ0v) is 17.6. The van der Waals surface area contributed by atoms with Crippen molar-refractivity contribution in [3.63, 3.8) is 0 Å². The Morgan fingerprint density at radius 3 is 2.38 bits per heavy atom. The van der Waals surface area contributed by atoms with Gasteiger partial charge in [-0.2, -0.15) is 0 Å². The maximum atomic E-state index is 15.2. The lowest BCUT2D eigenvalue weighted by Crippen LogP contribution is -2.13. The molecule has 3 aromatic carbocycles. The van der Waals surface area contributed by atoms with Gasteiger partial charge in [0.15, 0.2) is 0 Å². The van der Waals surface area contributed by atoms with Crippen LogP contribution in [0.25, 0.3) is 21.9 Å². The van der Waals surface area contributed by atoms with Crippen LogP contribution in [0.5, 0.6) is 5.75 Å². The summed E-state index contributed by atoms with van der Waals surface area (Å²) in [4.78, 5) is 0. The summed E-state index contributed by atoms with van der Waals surface area (Å²) in [7, 11) is 1.64. The minimum Gasteiger partial charge on any atom is -0.497 e. The number of halogens is 1. The fourth-order valence-electron chi connectivity index (χ4n) is 4.84. The quantitative estimate of drug-likeness (QED) is 0.413. The van der Waals surface area contributed by atoms with E-state index >= 15 is 4.39 Å². The van der Waals surface area contributed by atoms with Crippen molar-refractivity contribution in [2.75, 3.05) is 7.11 Å². The Hall–Kier alpha value is -2.35. The van der Waals surface area contributed by atoms with E-state index in [1.165, 1.54) is 50.5 Å². The molecule has 0 heterocycles. The third-order valence-corrected chi connectivity index (χ3v) is 6.66. The number of hydrogen-bond donors (Lipinski definition) is 0. The minimum absolute atomic E-state index is 0.137. The van der Waals surface area contributed by atoms with E-state index in [9.17, 15) is 0 Å². The normalized spacial score (nSPS) is 19.4. The Morgan fingerprint density at radius 2 is 1.69 bits per heavy atom. The molecule has 152 valence electrons. The first kappa shape index (κ1) is 19.9. The van der Waals surface area contributed by atoms with Gasteiger partial charge in [-0.15, -0.1) is 0 Å². The monoisotopic (exact) mass is 390 g/mol. The summed E-state index contributed by atoms with van der Waals surface area (Å²) in [6.07, 6.45) is 9.27. The summed E-state index contributed by atoms with van der Waals surface area (Å²) < 4.78 is 20.5. The van der Waals surface area contributed by atoms with Gasteiger partial charge in [0.25, 0.3) is 0 Å². The van der Waals surface area contributed by atoms with E-state index in [0.717, 1.165) is 22.6 Å². The molecule has 0 amide bonds. The molecule has 0 bridgehead atoms. The number of fused-ring (bicyclic) bond motifs is 1. The van der Waals surface area contributed by atoms with Crippen LogP contribution in [0.3, 0.4) is 0 Å². The summed E-state index contributed by atoms with van der Waals surface area (Å²) in [5.41, 5.74) is 2.90. The van der Waals surface area contributed by atoms with Crippen LogP contribution in [-0.2, 0) is 0 Å². The highest BCUT2D eigenvalue weighted by Crippen LogP contribution is 2.39. The van der Waals surface area contributed by atoms with Crippen LogP contribution in [0.4, 0.5) is 4.39 Å². The summed E-state index contributed by atoms with van der Waals surface area (Å²) in [5.74, 6) is 2.18. The average molecular weight is 391 g/mol. The van der Waals surface area contributed by atoms with Crippen molar-refractivity contribution < 1.29 is 9.13 Å². The summed E-state index contributed by atoms with van der Waals surface area (Å²) in [6.45, 7) is 2.28. The third kappa shape index (κ3) is 4.32. The van der Waals surface area contributed by atoms with Crippen LogP contribution in [0, 0.1) is 11.7 Å². The zero-order valence-electron chi connectivity index (χ0n) is 17.6. The number of hydrogen-bond acceptors (Lipinski definition) is 1. The Kier molecular flexibility index (Phi) is 6.18. The third-order valence-electron chi connectivity index (χ3n) is 6.66. The zero-order chi connectivity index (χ0) is 20.2. The topological polar surface area (TPSA) is 9.23 Å². The van der Waals surface area contributed by atoms with Crippen molar-refractivity contribution in [1.82, 2.24) is 0 Å². The Balaban J connectivity index is 1.54. The molecule has 1 saturated carbocycles. The van der Waals surface area contributed by atoms with Crippen LogP contribution in [-0.4, -0.2) is 7.11 Å². The molecule has 0 spiro atoms. The van der Waals surface area contributed by atoms with Gasteiger partial charge in [0, 0.05) is 10.9 Å². The van der Waals surface area contributed by atoms with Crippen molar-refractivity contribution in [3.8, 4) is 16.9 Å². The summed E-state index contributed by atoms with van der Waals surface area (Å²) in [5, 5.41) is 1.71. The first-order chi connectivity index (χ1) is 14.2. The lowest BCUT2D eigenvalue weighted by Gasteiger charge is -2.29. The van der Waals surface area contributed by atoms with Gasteiger partial charge in [-0.05, 0) is 66.2 Å². The number of unbranched alkanes of at least 4 members (excludes halogenated alkanes) is 1. The van der Waals surface area contributed by atoms with Crippen molar-refractivity contribution in [2.24, 2.45) is 5.92 Å². The molecule has 0 aromatic heterocycles. The molecule has 0 aliphatic heterocycles. The maximum absolute atomic E-state index is 15.2. The molecule has 4 rings (SSSR count). The number of methoxy groups -OCH3 is 1. The molecule has 0 radical (unpaired) electrons. The van der Waals surface area contributed by atoms with E-state index in [1.54, 1.807) is 7.11 Å². The van der Waals surface area contributed by atoms with E-state index in [0.29, 0.717) is 16.9 Å². The SMILES string of the molecule is CCCC[C@H]1CC[C@H](c2ccc3c(F)c(-c4ccc(OC)cc4)ccc3c2)CC1. The molecule has 1 aliphatic rings. The highest BCUT2D eigenvalue weighted by atomic mass is 19.1. The average Bonchev–Trinajstić information content (AvgIpc) is 2.78. The summed E-state index contributed by atoms with van der Waals surface area (Å²) >= 11 is 0. The van der Waals surface area contributed by atoms with Gasteiger partial charge < -0.3 is 4.74 Å². The second-order valence-corrected chi connectivity index (χ2v) is 8.50. The van der Waals surface area contributed by atoms with E-state index in [-0.39, 0.29) is 5.82 Å². The highest BCUT2D eigenvalue weighted by Gasteiger charge is 2.22. The first-order valence-electron chi connectivity index (χ1n) is 11.1. The largest absolute Gasteiger partial charge is 0.497 e. The van der Waals surface area contributed by atoms with Crippen molar-refractivity contribution >= 4 is 10.8 Å². The number of ether oxygens (including phenoxy) is 1. The van der Waals surface area contributed by atoms with Gasteiger partial charge in [-0.25, -0.2) is 4.39 Å². The molecule has 0 unspecified atom stereocenters. The molecule has 1 nitrogen and oxygen atoms in total. The molecule has 1 fully saturated rings. The highest BCUT2D eigenvalue weighted by molar-refractivity contribution is 5.89. The molecule has 0 N–H and O–H groups in total. The second-order valence-electron chi connectivity index (χ2n) is 8.50. The van der Waals surface area contributed by atoms with E-state index in [2.05, 4.69) is 25.1 Å². The Bertz CT molecular complexity index is 952. The van der Waals surface area contributed by atoms with Gasteiger partial charge in [0.2, 0.25) is 0 Å². The smallest absolute Gasteiger partial charge is 0.138 e. The summed E-state index contributed by atoms with van der Waals surface area (Å²) in [6, 6.07) is 17.9. The molecule has 1 aliphatic carbocycles. The molecule has 3 aromatic rings. The predicted octanol–water partition coefficient (Wildman–Crippen LogP) is 8.12. The molecule has 29 heavy (non-hydrogen) atoms. The second kappa shape index (κ2) is 8.98. The number of benzene rings is 3. The Labute approximate surface area is 173 Å². The fourth-order valence-corrected chi connectivity index (χ4v) is 4.84. The molecular formula is C27H31FO. The first-order valence-corrected chi connectivity index (χ1v) is 11.1. The van der Waals surface area contributed by atoms with Crippen LogP contribution in [0.15, 0.2) is 54.6 Å². The fraction of sp³-hybridized carbons (Fsp3) is 0.407. The van der Waals surface area contributed by atoms with Crippen molar-refractivity contribution in [2.45, 2.75) is 57.8 Å². The van der Waals surface area contributed by atoms with Crippen LogP contribution in [0.2, 0.25) is 0 Å². The minimum atomic E-state index is -0.137. The predicted molar refractivity (Wildman–Crippen MR) is 120 cm³/mol. The maximum Gasteiger partial charge on any atom is 0.138 e. The van der Waals surface area contributed by atoms with Gasteiger partial charge in [-0.3, -0.25) is 0 Å².